The first-order valence-electron chi connectivity index (χ1n) is 6.71. The van der Waals surface area contributed by atoms with Crippen LogP contribution in [0.25, 0.3) is 0 Å². The number of benzene rings is 2. The molecule has 0 spiro atoms. The number of halogens is 2. The van der Waals surface area contributed by atoms with Crippen molar-refractivity contribution in [2.24, 2.45) is 0 Å². The van der Waals surface area contributed by atoms with Gasteiger partial charge in [0, 0.05) is 11.6 Å². The molecule has 4 nitrogen and oxygen atoms in total. The molecule has 0 aromatic heterocycles. The third kappa shape index (κ3) is 3.82. The minimum atomic E-state index is -0.324. The maximum atomic E-state index is 12.6. The number of ketones is 2. The molecule has 0 aliphatic heterocycles. The summed E-state index contributed by atoms with van der Waals surface area (Å²) < 4.78 is 11.4. The Morgan fingerprint density at radius 1 is 0.913 bits per heavy atom. The highest BCUT2D eigenvalue weighted by molar-refractivity contribution is 9.11. The van der Waals surface area contributed by atoms with Crippen molar-refractivity contribution < 1.29 is 19.1 Å². The maximum Gasteiger partial charge on any atom is 0.173 e. The van der Waals surface area contributed by atoms with Crippen molar-refractivity contribution in [3.05, 3.63) is 56.5 Å². The molecule has 0 saturated heterocycles. The first kappa shape index (κ1) is 17.7. The van der Waals surface area contributed by atoms with Gasteiger partial charge in [-0.1, -0.05) is 30.3 Å². The predicted octanol–water partition coefficient (Wildman–Crippen LogP) is 4.68. The van der Waals surface area contributed by atoms with Gasteiger partial charge < -0.3 is 9.47 Å². The van der Waals surface area contributed by atoms with Gasteiger partial charge in [-0.05, 0) is 31.9 Å². The lowest BCUT2D eigenvalue weighted by Gasteiger charge is -2.14. The maximum absolute atomic E-state index is 12.6. The molecular formula is C17H14Br2O4. The number of methoxy groups -OCH3 is 2. The van der Waals surface area contributed by atoms with Crippen molar-refractivity contribution in [3.8, 4) is 11.5 Å². The summed E-state index contributed by atoms with van der Waals surface area (Å²) in [6, 6.07) is 10.4. The van der Waals surface area contributed by atoms with Crippen molar-refractivity contribution in [2.75, 3.05) is 14.2 Å². The second-order valence-electron chi connectivity index (χ2n) is 4.67. The van der Waals surface area contributed by atoms with Gasteiger partial charge in [0.25, 0.3) is 0 Å². The van der Waals surface area contributed by atoms with Crippen LogP contribution in [0.15, 0.2) is 45.3 Å². The molecule has 0 heterocycles. The van der Waals surface area contributed by atoms with Crippen LogP contribution >= 0.6 is 31.9 Å². The molecule has 0 unspecified atom stereocenters. The van der Waals surface area contributed by atoms with Gasteiger partial charge in [0.2, 0.25) is 0 Å². The molecule has 0 aliphatic rings. The van der Waals surface area contributed by atoms with Gasteiger partial charge in [-0.15, -0.1) is 0 Å². The number of hydrogen-bond acceptors (Lipinski definition) is 4. The summed E-state index contributed by atoms with van der Waals surface area (Å²) >= 11 is 6.72. The average Bonchev–Trinajstić information content (AvgIpc) is 2.56. The molecule has 6 heteroatoms. The highest BCUT2D eigenvalue weighted by Crippen LogP contribution is 2.41. The molecule has 0 aliphatic carbocycles. The fraction of sp³-hybridized carbons (Fsp3) is 0.176. The Hall–Kier alpha value is -1.66. The van der Waals surface area contributed by atoms with Crippen molar-refractivity contribution >= 4 is 43.4 Å². The van der Waals surface area contributed by atoms with E-state index in [2.05, 4.69) is 31.9 Å². The van der Waals surface area contributed by atoms with E-state index < -0.39 is 0 Å². The number of carbonyl (C=O) groups excluding carboxylic acids is 2. The zero-order valence-electron chi connectivity index (χ0n) is 12.6. The van der Waals surface area contributed by atoms with Crippen molar-refractivity contribution in [3.63, 3.8) is 0 Å². The number of carbonyl (C=O) groups is 2. The molecule has 0 atom stereocenters. The summed E-state index contributed by atoms with van der Waals surface area (Å²) in [6.45, 7) is 0. The van der Waals surface area contributed by atoms with Crippen LogP contribution < -0.4 is 9.47 Å². The fourth-order valence-electron chi connectivity index (χ4n) is 2.09. The highest BCUT2D eigenvalue weighted by atomic mass is 79.9. The summed E-state index contributed by atoms with van der Waals surface area (Å²) in [5.74, 6) is 0.354. The Bertz CT molecular complexity index is 714. The van der Waals surface area contributed by atoms with E-state index in [-0.39, 0.29) is 18.0 Å². The largest absolute Gasteiger partial charge is 0.495 e. The van der Waals surface area contributed by atoms with Crippen LogP contribution in [0, 0.1) is 0 Å². The SMILES string of the molecule is COc1cc(OC)c(Br)c(C(=O)CC(=O)c2ccccc2)c1Br. The second kappa shape index (κ2) is 7.75. The van der Waals surface area contributed by atoms with Crippen molar-refractivity contribution in [1.82, 2.24) is 0 Å². The Labute approximate surface area is 151 Å². The normalized spacial score (nSPS) is 10.3. The van der Waals surface area contributed by atoms with Gasteiger partial charge in [-0.2, -0.15) is 0 Å². The molecule has 2 aromatic rings. The third-order valence-electron chi connectivity index (χ3n) is 3.27. The summed E-state index contributed by atoms with van der Waals surface area (Å²) in [5.41, 5.74) is 0.827. The fourth-order valence-corrected chi connectivity index (χ4v) is 3.75. The van der Waals surface area contributed by atoms with Gasteiger partial charge in [0.05, 0.1) is 35.1 Å². The van der Waals surface area contributed by atoms with Gasteiger partial charge in [-0.25, -0.2) is 0 Å². The van der Waals surface area contributed by atoms with E-state index in [1.807, 2.05) is 6.07 Å². The molecule has 0 N–H and O–H groups in total. The van der Waals surface area contributed by atoms with E-state index in [0.717, 1.165) is 0 Å². The van der Waals surface area contributed by atoms with E-state index in [0.29, 0.717) is 31.6 Å². The molecule has 0 amide bonds. The molecule has 0 radical (unpaired) electrons. The van der Waals surface area contributed by atoms with Crippen LogP contribution in [-0.2, 0) is 0 Å². The summed E-state index contributed by atoms with van der Waals surface area (Å²) in [5, 5.41) is 0. The predicted molar refractivity (Wildman–Crippen MR) is 94.7 cm³/mol. The van der Waals surface area contributed by atoms with Gasteiger partial charge in [0.15, 0.2) is 11.6 Å². The molecule has 0 bridgehead atoms. The average molecular weight is 442 g/mol. The lowest BCUT2D eigenvalue weighted by atomic mass is 10.0. The molecule has 23 heavy (non-hydrogen) atoms. The van der Waals surface area contributed by atoms with E-state index in [1.165, 1.54) is 14.2 Å². The Balaban J connectivity index is 2.37. The minimum absolute atomic E-state index is 0.239. The van der Waals surface area contributed by atoms with Crippen LogP contribution in [0.1, 0.15) is 27.1 Å². The van der Waals surface area contributed by atoms with Crippen molar-refractivity contribution in [2.45, 2.75) is 6.42 Å². The standard InChI is InChI=1S/C17H14Br2O4/c1-22-13-9-14(23-2)17(19)15(16(13)18)12(21)8-11(20)10-6-4-3-5-7-10/h3-7,9H,8H2,1-2H3. The lowest BCUT2D eigenvalue weighted by molar-refractivity contribution is 0.0893. The summed E-state index contributed by atoms with van der Waals surface area (Å²) in [7, 11) is 2.99. The molecular weight excluding hydrogens is 428 g/mol. The molecule has 120 valence electrons. The van der Waals surface area contributed by atoms with Crippen LogP contribution in [0.2, 0.25) is 0 Å². The number of ether oxygens (including phenoxy) is 2. The number of Topliss-reactive ketones (excluding diaryl/α,β-unsaturated/α-hetero) is 2. The van der Waals surface area contributed by atoms with Crippen LogP contribution in [-0.4, -0.2) is 25.8 Å². The minimum Gasteiger partial charge on any atom is -0.495 e. The third-order valence-corrected chi connectivity index (χ3v) is 4.84. The Morgan fingerprint density at radius 2 is 1.43 bits per heavy atom. The highest BCUT2D eigenvalue weighted by Gasteiger charge is 2.24. The first-order valence-corrected chi connectivity index (χ1v) is 8.29. The molecule has 2 rings (SSSR count). The smallest absolute Gasteiger partial charge is 0.173 e. The topological polar surface area (TPSA) is 52.6 Å². The molecule has 0 saturated carbocycles. The van der Waals surface area contributed by atoms with Crippen LogP contribution in [0.5, 0.6) is 11.5 Å². The summed E-state index contributed by atoms with van der Waals surface area (Å²) in [4.78, 5) is 24.9. The zero-order chi connectivity index (χ0) is 17.0. The quantitative estimate of drug-likeness (QED) is 0.482. The molecule has 2 aromatic carbocycles. The van der Waals surface area contributed by atoms with E-state index in [4.69, 9.17) is 9.47 Å². The first-order chi connectivity index (χ1) is 11.0. The van der Waals surface area contributed by atoms with E-state index >= 15 is 0 Å². The zero-order valence-corrected chi connectivity index (χ0v) is 15.7. The number of hydrogen-bond donors (Lipinski definition) is 0. The van der Waals surface area contributed by atoms with E-state index in [9.17, 15) is 9.59 Å². The lowest BCUT2D eigenvalue weighted by Crippen LogP contribution is -2.11. The van der Waals surface area contributed by atoms with Gasteiger partial charge >= 0.3 is 0 Å². The second-order valence-corrected chi connectivity index (χ2v) is 6.26. The monoisotopic (exact) mass is 440 g/mol. The Kier molecular flexibility index (Phi) is 5.96. The number of rotatable bonds is 6. The summed E-state index contributed by atoms with van der Waals surface area (Å²) in [6.07, 6.45) is -0.239. The van der Waals surface area contributed by atoms with Crippen molar-refractivity contribution in [1.29, 1.82) is 0 Å². The van der Waals surface area contributed by atoms with Crippen LogP contribution in [0.3, 0.4) is 0 Å². The Morgan fingerprint density at radius 3 is 1.91 bits per heavy atom. The van der Waals surface area contributed by atoms with Crippen LogP contribution in [0.4, 0.5) is 0 Å². The van der Waals surface area contributed by atoms with E-state index in [1.54, 1.807) is 30.3 Å². The molecule has 0 fully saturated rings. The van der Waals surface area contributed by atoms with Gasteiger partial charge in [0.1, 0.15) is 11.5 Å². The van der Waals surface area contributed by atoms with Gasteiger partial charge in [-0.3, -0.25) is 9.59 Å².